The Kier molecular flexibility index (Phi) is 22.7. The summed E-state index contributed by atoms with van der Waals surface area (Å²) in [6.07, 6.45) is 40.1. The van der Waals surface area contributed by atoms with E-state index in [1.807, 2.05) is 19.1 Å². The molecule has 76 heavy (non-hydrogen) atoms. The molecule has 0 amide bonds. The van der Waals surface area contributed by atoms with Crippen LogP contribution in [-0.4, -0.2) is 24.0 Å². The van der Waals surface area contributed by atoms with Crippen molar-refractivity contribution in [2.45, 2.75) is 259 Å². The number of carbonyl (C=O) groups excluding carboxylic acids is 3. The number of esters is 3. The van der Waals surface area contributed by atoms with Gasteiger partial charge in [0.05, 0.1) is 17.8 Å². The summed E-state index contributed by atoms with van der Waals surface area (Å²) in [4.78, 5) is 37.5. The summed E-state index contributed by atoms with van der Waals surface area (Å²) in [5, 5.41) is 0. The largest absolute Gasteiger partial charge is 0.462 e. The van der Waals surface area contributed by atoms with Crippen molar-refractivity contribution in [3.63, 3.8) is 0 Å². The summed E-state index contributed by atoms with van der Waals surface area (Å²) in [5.41, 5.74) is 2.24. The Balaban J connectivity index is 0.00000118. The summed E-state index contributed by atoms with van der Waals surface area (Å²) in [6, 6.07) is 13.1. The molecule has 440 valence electrons. The molecule has 0 atom stereocenters. The second-order valence-corrected chi connectivity index (χ2v) is 27.5. The van der Waals surface area contributed by atoms with E-state index in [9.17, 15) is 18.8 Å². The molecule has 0 heterocycles. The van der Waals surface area contributed by atoms with E-state index in [0.717, 1.165) is 141 Å². The molecule has 0 spiro atoms. The number of rotatable bonds is 10. The Hall–Kier alpha value is -3.22. The van der Waals surface area contributed by atoms with Crippen molar-refractivity contribution in [1.29, 1.82) is 0 Å². The minimum absolute atomic E-state index is 0. The molecule has 8 saturated carbocycles. The van der Waals surface area contributed by atoms with E-state index in [-0.39, 0.29) is 58.9 Å². The predicted molar refractivity (Wildman–Crippen MR) is 323 cm³/mol. The molecule has 0 radical (unpaired) electrons. The van der Waals surface area contributed by atoms with E-state index in [2.05, 4.69) is 46.8 Å². The molecule has 0 unspecified atom stereocenters. The van der Waals surface area contributed by atoms with E-state index in [1.165, 1.54) is 153 Å². The summed E-state index contributed by atoms with van der Waals surface area (Å²) in [5.74, 6) is 10.8. The highest BCUT2D eigenvalue weighted by Crippen LogP contribution is 2.45. The predicted octanol–water partition coefficient (Wildman–Crippen LogP) is 20.9. The Bertz CT molecular complexity index is 2070. The summed E-state index contributed by atoms with van der Waals surface area (Å²) < 4.78 is 30.8. The van der Waals surface area contributed by atoms with E-state index < -0.39 is 5.82 Å². The van der Waals surface area contributed by atoms with Crippen LogP contribution in [0.3, 0.4) is 0 Å². The quantitative estimate of drug-likeness (QED) is 0.174. The number of halogens is 1. The highest BCUT2D eigenvalue weighted by molar-refractivity contribution is 5.76. The minimum atomic E-state index is -0.451. The Morgan fingerprint density at radius 2 is 0.724 bits per heavy atom. The van der Waals surface area contributed by atoms with Gasteiger partial charge in [0.15, 0.2) is 11.6 Å². The first-order valence-electron chi connectivity index (χ1n) is 32.2. The molecule has 10 rings (SSSR count). The molecule has 6 nitrogen and oxygen atoms in total. The van der Waals surface area contributed by atoms with E-state index in [0.29, 0.717) is 5.92 Å². The first-order chi connectivity index (χ1) is 36.7. The average Bonchev–Trinajstić information content (AvgIpc) is 3.63. The SMILES string of the molecule is CC1CCC(OC(=O)C2CCC(C3CCC(C)CC3)CC2)CC1.CC1CCC(c2ccc(OC(=O)C3CCC(C4CCC(C)CC4)CC3)cc2)CC1.Cc1ccc(OC(=O)C2CCC(C3CCC(C)CC3)CC2)c(F)c1.[HH].[HH].[HH].[HH].[HH].[HH].[HH].[HH]. The highest BCUT2D eigenvalue weighted by Gasteiger charge is 2.37. The third-order valence-corrected chi connectivity index (χ3v) is 21.6. The first kappa shape index (κ1) is 58.9. The maximum Gasteiger partial charge on any atom is 0.314 e. The van der Waals surface area contributed by atoms with Gasteiger partial charge in [0, 0.05) is 11.4 Å². The average molecular weight is 1070 g/mol. The van der Waals surface area contributed by atoms with Crippen LogP contribution >= 0.6 is 0 Å². The van der Waals surface area contributed by atoms with Gasteiger partial charge in [0.2, 0.25) is 0 Å². The van der Waals surface area contributed by atoms with Gasteiger partial charge in [-0.2, -0.15) is 0 Å². The first-order valence-corrected chi connectivity index (χ1v) is 32.2. The van der Waals surface area contributed by atoms with Crippen LogP contribution in [0.15, 0.2) is 42.5 Å². The molecule has 0 bridgehead atoms. The number of aryl methyl sites for hydroxylation is 1. The zero-order valence-electron chi connectivity index (χ0n) is 48.7. The van der Waals surface area contributed by atoms with Crippen LogP contribution in [0.1, 0.15) is 269 Å². The topological polar surface area (TPSA) is 78.9 Å². The third-order valence-electron chi connectivity index (χ3n) is 21.6. The molecule has 0 saturated heterocycles. The zero-order valence-corrected chi connectivity index (χ0v) is 48.7. The van der Waals surface area contributed by atoms with Gasteiger partial charge in [0.25, 0.3) is 0 Å². The molecule has 7 heteroatoms. The van der Waals surface area contributed by atoms with Crippen molar-refractivity contribution in [3.05, 3.63) is 59.4 Å². The fourth-order valence-corrected chi connectivity index (χ4v) is 15.8. The molecule has 2 aromatic rings. The van der Waals surface area contributed by atoms with Crippen LogP contribution in [0.4, 0.5) is 4.39 Å². The second-order valence-electron chi connectivity index (χ2n) is 27.5. The van der Waals surface area contributed by atoms with Crippen LogP contribution in [0, 0.1) is 95.6 Å². The van der Waals surface area contributed by atoms with Gasteiger partial charge >= 0.3 is 17.9 Å². The number of hydrogen-bond donors (Lipinski definition) is 0. The number of hydrogen-bond acceptors (Lipinski definition) is 6. The second kappa shape index (κ2) is 29.3. The lowest BCUT2D eigenvalue weighted by atomic mass is 9.69. The molecular weight excluding hydrogens is 944 g/mol. The normalized spacial score (nSPS) is 36.1. The highest BCUT2D eigenvalue weighted by atomic mass is 19.1. The van der Waals surface area contributed by atoms with Crippen LogP contribution in [0.25, 0.3) is 0 Å². The number of benzene rings is 2. The van der Waals surface area contributed by atoms with Crippen LogP contribution in [0.2, 0.25) is 0 Å². The Morgan fingerprint density at radius 3 is 1.11 bits per heavy atom. The number of carbonyl (C=O) groups is 3. The lowest BCUT2D eigenvalue weighted by Gasteiger charge is -2.37. The van der Waals surface area contributed by atoms with Gasteiger partial charge in [-0.3, -0.25) is 14.4 Å². The molecule has 8 aliphatic rings. The van der Waals surface area contributed by atoms with Gasteiger partial charge < -0.3 is 14.2 Å². The van der Waals surface area contributed by atoms with Crippen LogP contribution in [0.5, 0.6) is 11.5 Å². The fraction of sp³-hybridized carbons (Fsp3) is 0.783. The van der Waals surface area contributed by atoms with Gasteiger partial charge in [-0.05, 0) is 267 Å². The summed E-state index contributed by atoms with van der Waals surface area (Å²) in [7, 11) is 0. The lowest BCUT2D eigenvalue weighted by Crippen LogP contribution is -2.31. The van der Waals surface area contributed by atoms with Crippen molar-refractivity contribution in [1.82, 2.24) is 0 Å². The monoisotopic (exact) mass is 1060 g/mol. The summed E-state index contributed by atoms with van der Waals surface area (Å²) >= 11 is 0. The van der Waals surface area contributed by atoms with Gasteiger partial charge in [0.1, 0.15) is 11.9 Å². The van der Waals surface area contributed by atoms with Crippen molar-refractivity contribution in [2.75, 3.05) is 0 Å². The molecule has 8 fully saturated rings. The Labute approximate surface area is 473 Å². The van der Waals surface area contributed by atoms with Crippen molar-refractivity contribution >= 4 is 17.9 Å². The summed E-state index contributed by atoms with van der Waals surface area (Å²) in [6.45, 7) is 13.6. The molecule has 2 aromatic carbocycles. The van der Waals surface area contributed by atoms with E-state index in [4.69, 9.17) is 14.2 Å². The number of ether oxygens (including phenoxy) is 3. The van der Waals surface area contributed by atoms with Gasteiger partial charge in [-0.15, -0.1) is 0 Å². The Morgan fingerprint density at radius 1 is 0.395 bits per heavy atom. The maximum atomic E-state index is 13.8. The van der Waals surface area contributed by atoms with Crippen molar-refractivity contribution in [2.24, 2.45) is 82.9 Å². The standard InChI is InChI=1S/C27H40O2.C21H29FO2.C21H36O2.8H2/c1-19-3-7-21(8-4-19)23-11-13-25(14-12-23)27(28)29-26-17-15-24(16-18-26)22-9-5-20(2)6-10-22;1-14-3-6-16(7-4-14)17-8-10-18(11-9-17)21(23)24-20-12-5-15(2)13-19(20)22;1-15-3-7-17(8-4-15)18-9-11-19(12-10-18)21(22)23-20-13-5-16(2)6-14-20;;;;;;;;/h15-23,25H,3-14H2,1-2H3;5,12-14,16-18H,3-4,6-11H2,1-2H3;15-20H,3-14H2,1-2H3;8*1H. The van der Waals surface area contributed by atoms with Gasteiger partial charge in [-0.1, -0.05) is 104 Å². The lowest BCUT2D eigenvalue weighted by molar-refractivity contribution is -0.157. The fourth-order valence-electron chi connectivity index (χ4n) is 15.8. The smallest absolute Gasteiger partial charge is 0.314 e. The van der Waals surface area contributed by atoms with Crippen molar-refractivity contribution < 1.29 is 44.4 Å². The van der Waals surface area contributed by atoms with E-state index in [1.54, 1.807) is 12.1 Å². The molecule has 0 aromatic heterocycles. The zero-order chi connectivity index (χ0) is 53.6. The van der Waals surface area contributed by atoms with Crippen LogP contribution in [-0.2, 0) is 19.1 Å². The molecule has 8 aliphatic carbocycles. The third kappa shape index (κ3) is 17.6. The molecule has 0 aliphatic heterocycles. The van der Waals surface area contributed by atoms with E-state index >= 15 is 0 Å². The van der Waals surface area contributed by atoms with Crippen LogP contribution < -0.4 is 9.47 Å². The van der Waals surface area contributed by atoms with Crippen molar-refractivity contribution in [3.8, 4) is 11.5 Å². The molecule has 0 N–H and O–H groups in total. The minimum Gasteiger partial charge on any atom is -0.462 e. The van der Waals surface area contributed by atoms with Gasteiger partial charge in [-0.25, -0.2) is 4.39 Å². The molecular formula is C69H121FO6. The maximum absolute atomic E-state index is 13.8.